The summed E-state index contributed by atoms with van der Waals surface area (Å²) in [5.41, 5.74) is 0.531. The predicted molar refractivity (Wildman–Crippen MR) is 56.8 cm³/mol. The number of rotatable bonds is 3. The van der Waals surface area contributed by atoms with Gasteiger partial charge in [0.25, 0.3) is 0 Å². The molecule has 0 radical (unpaired) electrons. The van der Waals surface area contributed by atoms with Gasteiger partial charge in [0, 0.05) is 6.42 Å². The molecule has 2 rings (SSSR count). The lowest BCUT2D eigenvalue weighted by molar-refractivity contribution is -0.112. The minimum absolute atomic E-state index is 0.0669. The first-order valence-corrected chi connectivity index (χ1v) is 5.79. The Hall–Kier alpha value is 0.0200. The zero-order valence-electron chi connectivity index (χ0n) is 8.25. The van der Waals surface area contributed by atoms with E-state index in [1.807, 2.05) is 0 Å². The van der Waals surface area contributed by atoms with Crippen LogP contribution in [-0.4, -0.2) is 5.12 Å². The van der Waals surface area contributed by atoms with E-state index in [4.69, 9.17) is 0 Å². The van der Waals surface area contributed by atoms with E-state index in [1.165, 1.54) is 32.1 Å². The van der Waals surface area contributed by atoms with E-state index >= 15 is 0 Å². The quantitative estimate of drug-likeness (QED) is 0.690. The molecular formula is C11H18OS. The fraction of sp³-hybridized carbons (Fsp3) is 0.909. The van der Waals surface area contributed by atoms with E-state index in [-0.39, 0.29) is 5.12 Å². The number of carbonyl (C=O) groups is 1. The summed E-state index contributed by atoms with van der Waals surface area (Å²) in [5, 5.41) is 0.0669. The summed E-state index contributed by atoms with van der Waals surface area (Å²) >= 11 is 3.88. The molecule has 1 unspecified atom stereocenters. The van der Waals surface area contributed by atoms with E-state index in [0.717, 1.165) is 5.92 Å². The van der Waals surface area contributed by atoms with Crippen molar-refractivity contribution in [1.82, 2.24) is 0 Å². The highest BCUT2D eigenvalue weighted by Gasteiger charge is 2.47. The molecule has 2 aliphatic carbocycles. The lowest BCUT2D eigenvalue weighted by Crippen LogP contribution is -2.25. The van der Waals surface area contributed by atoms with E-state index in [0.29, 0.717) is 17.8 Å². The molecule has 74 valence electrons. The van der Waals surface area contributed by atoms with Gasteiger partial charge in [-0.05, 0) is 49.4 Å². The molecule has 0 aliphatic heterocycles. The number of hydrogen-bond acceptors (Lipinski definition) is 1. The van der Waals surface area contributed by atoms with Gasteiger partial charge in [-0.25, -0.2) is 0 Å². The zero-order valence-corrected chi connectivity index (χ0v) is 9.15. The standard InChI is InChI=1S/C11H18OS/c1-8(6-10(12)13)11-4-2-9(7-11)3-5-11/h8-9H,2-7H2,1H3,(H,12,13). The molecule has 2 bridgehead atoms. The summed E-state index contributed by atoms with van der Waals surface area (Å²) < 4.78 is 0. The van der Waals surface area contributed by atoms with Crippen LogP contribution in [0, 0.1) is 17.3 Å². The average Bonchev–Trinajstić information content (AvgIpc) is 2.62. The molecule has 0 spiro atoms. The monoisotopic (exact) mass is 198 g/mol. The highest BCUT2D eigenvalue weighted by Crippen LogP contribution is 2.58. The predicted octanol–water partition coefficient (Wildman–Crippen LogP) is 3.05. The van der Waals surface area contributed by atoms with Gasteiger partial charge in [-0.3, -0.25) is 4.79 Å². The summed E-state index contributed by atoms with van der Waals surface area (Å²) in [5.74, 6) is 1.54. The third kappa shape index (κ3) is 1.65. The van der Waals surface area contributed by atoms with Crippen LogP contribution >= 0.6 is 12.6 Å². The largest absolute Gasteiger partial charge is 0.287 e. The molecule has 13 heavy (non-hydrogen) atoms. The van der Waals surface area contributed by atoms with Crippen molar-refractivity contribution in [3.8, 4) is 0 Å². The molecule has 0 aromatic carbocycles. The molecule has 2 saturated carbocycles. The Kier molecular flexibility index (Phi) is 2.43. The molecule has 0 aromatic rings. The van der Waals surface area contributed by atoms with Crippen molar-refractivity contribution in [2.24, 2.45) is 17.3 Å². The summed E-state index contributed by atoms with van der Waals surface area (Å²) in [6, 6.07) is 0. The van der Waals surface area contributed by atoms with Crippen LogP contribution < -0.4 is 0 Å². The van der Waals surface area contributed by atoms with E-state index in [1.54, 1.807) is 0 Å². The second kappa shape index (κ2) is 3.30. The van der Waals surface area contributed by atoms with Gasteiger partial charge >= 0.3 is 0 Å². The first-order chi connectivity index (χ1) is 6.12. The number of hydrogen-bond donors (Lipinski definition) is 1. The van der Waals surface area contributed by atoms with Crippen molar-refractivity contribution >= 4 is 17.7 Å². The van der Waals surface area contributed by atoms with Gasteiger partial charge in [-0.1, -0.05) is 6.92 Å². The summed E-state index contributed by atoms with van der Waals surface area (Å²) in [4.78, 5) is 10.9. The average molecular weight is 198 g/mol. The molecule has 0 amide bonds. The van der Waals surface area contributed by atoms with Gasteiger partial charge < -0.3 is 0 Å². The SMILES string of the molecule is CC(CC(=O)S)C12CCC(CC1)C2. The van der Waals surface area contributed by atoms with Gasteiger partial charge in [-0.2, -0.15) is 0 Å². The molecular weight excluding hydrogens is 180 g/mol. The van der Waals surface area contributed by atoms with Gasteiger partial charge in [0.1, 0.15) is 0 Å². The molecule has 2 heteroatoms. The Bertz CT molecular complexity index is 216. The molecule has 0 aromatic heterocycles. The van der Waals surface area contributed by atoms with E-state index in [2.05, 4.69) is 19.6 Å². The summed E-state index contributed by atoms with van der Waals surface area (Å²) in [6.45, 7) is 2.24. The van der Waals surface area contributed by atoms with Crippen molar-refractivity contribution in [2.45, 2.75) is 45.4 Å². The van der Waals surface area contributed by atoms with Gasteiger partial charge in [0.15, 0.2) is 5.12 Å². The number of carbonyl (C=O) groups excluding carboxylic acids is 1. The summed E-state index contributed by atoms with van der Waals surface area (Å²) in [7, 11) is 0. The number of fused-ring (bicyclic) bond motifs is 2. The highest BCUT2D eigenvalue weighted by atomic mass is 32.1. The maximum atomic E-state index is 10.9. The third-order valence-electron chi connectivity index (χ3n) is 4.32. The van der Waals surface area contributed by atoms with Gasteiger partial charge in [-0.15, -0.1) is 12.6 Å². The van der Waals surface area contributed by atoms with Crippen LogP contribution in [0.25, 0.3) is 0 Å². The van der Waals surface area contributed by atoms with Crippen molar-refractivity contribution in [1.29, 1.82) is 0 Å². The molecule has 0 saturated heterocycles. The topological polar surface area (TPSA) is 17.1 Å². The Morgan fingerprint density at radius 3 is 2.54 bits per heavy atom. The smallest absolute Gasteiger partial charge is 0.186 e. The van der Waals surface area contributed by atoms with Gasteiger partial charge in [0.05, 0.1) is 0 Å². The van der Waals surface area contributed by atoms with Crippen LogP contribution in [0.5, 0.6) is 0 Å². The molecule has 1 atom stereocenters. The van der Waals surface area contributed by atoms with E-state index in [9.17, 15) is 4.79 Å². The van der Waals surface area contributed by atoms with Crippen molar-refractivity contribution in [3.05, 3.63) is 0 Å². The lowest BCUT2D eigenvalue weighted by Gasteiger charge is -2.32. The van der Waals surface area contributed by atoms with Crippen LogP contribution in [0.1, 0.15) is 45.4 Å². The van der Waals surface area contributed by atoms with Crippen LogP contribution in [0.15, 0.2) is 0 Å². The first kappa shape index (κ1) is 9.57. The highest BCUT2D eigenvalue weighted by molar-refractivity contribution is 7.96. The van der Waals surface area contributed by atoms with Crippen molar-refractivity contribution in [3.63, 3.8) is 0 Å². The molecule has 2 fully saturated rings. The molecule has 0 N–H and O–H groups in total. The van der Waals surface area contributed by atoms with Crippen molar-refractivity contribution in [2.75, 3.05) is 0 Å². The lowest BCUT2D eigenvalue weighted by atomic mass is 9.72. The minimum atomic E-state index is 0.0669. The van der Waals surface area contributed by atoms with Gasteiger partial charge in [0.2, 0.25) is 0 Å². The maximum Gasteiger partial charge on any atom is 0.186 e. The second-order valence-electron chi connectivity index (χ2n) is 5.01. The normalized spacial score (nSPS) is 39.4. The maximum absolute atomic E-state index is 10.9. The van der Waals surface area contributed by atoms with Crippen LogP contribution in [-0.2, 0) is 4.79 Å². The molecule has 1 nitrogen and oxygen atoms in total. The fourth-order valence-corrected chi connectivity index (χ4v) is 3.68. The fourth-order valence-electron chi connectivity index (χ4n) is 3.41. The van der Waals surface area contributed by atoms with Crippen LogP contribution in [0.4, 0.5) is 0 Å². The first-order valence-electron chi connectivity index (χ1n) is 5.34. The Balaban J connectivity index is 2.02. The third-order valence-corrected chi connectivity index (χ3v) is 4.50. The Morgan fingerprint density at radius 1 is 1.54 bits per heavy atom. The minimum Gasteiger partial charge on any atom is -0.287 e. The van der Waals surface area contributed by atoms with Crippen LogP contribution in [0.3, 0.4) is 0 Å². The summed E-state index contributed by atoms with van der Waals surface area (Å²) in [6.07, 6.45) is 7.60. The van der Waals surface area contributed by atoms with Crippen molar-refractivity contribution < 1.29 is 4.79 Å². The molecule has 2 aliphatic rings. The Labute approximate surface area is 85.7 Å². The zero-order chi connectivity index (χ0) is 9.47. The Morgan fingerprint density at radius 2 is 2.15 bits per heavy atom. The van der Waals surface area contributed by atoms with Crippen LogP contribution in [0.2, 0.25) is 0 Å². The molecule has 0 heterocycles. The number of thiol groups is 1. The van der Waals surface area contributed by atoms with E-state index < -0.39 is 0 Å². The second-order valence-corrected chi connectivity index (χ2v) is 5.51.